The number of primary amides is 1. The smallest absolute Gasteiger partial charge is 0.241 e. The van der Waals surface area contributed by atoms with Crippen LogP contribution in [0.15, 0.2) is 54.6 Å². The summed E-state index contributed by atoms with van der Waals surface area (Å²) in [5.41, 5.74) is 9.07. The number of carbonyl (C=O) groups excluding carboxylic acids is 1. The van der Waals surface area contributed by atoms with E-state index in [0.717, 1.165) is 28.0 Å². The standard InChI is InChI=1S/C21H25NO3/c1-15(13-21(22)24)18-10-11-20(19(14-18)9-6-12-23)25-16(2)17-7-4-3-5-8-17/h3-5,7-8,10-11,13-14,16,23H,6,9,12H2,1-2H3,(H2,22,24)/b15-13-. The van der Waals surface area contributed by atoms with Crippen molar-refractivity contribution in [2.24, 2.45) is 5.73 Å². The fraction of sp³-hybridized carbons (Fsp3) is 0.286. The second-order valence-corrected chi connectivity index (χ2v) is 6.05. The minimum atomic E-state index is -0.465. The molecule has 2 aromatic rings. The molecule has 3 N–H and O–H groups in total. The highest BCUT2D eigenvalue weighted by Gasteiger charge is 2.12. The Kier molecular flexibility index (Phi) is 6.78. The lowest BCUT2D eigenvalue weighted by Crippen LogP contribution is -2.07. The van der Waals surface area contributed by atoms with E-state index in [1.165, 1.54) is 6.08 Å². The number of benzene rings is 2. The molecule has 1 unspecified atom stereocenters. The number of aryl methyl sites for hydroxylation is 1. The zero-order valence-corrected chi connectivity index (χ0v) is 14.7. The Hall–Kier alpha value is -2.59. The molecule has 0 heterocycles. The first-order chi connectivity index (χ1) is 12.0. The van der Waals surface area contributed by atoms with Crippen LogP contribution in [0.3, 0.4) is 0 Å². The number of hydrogen-bond acceptors (Lipinski definition) is 3. The van der Waals surface area contributed by atoms with E-state index < -0.39 is 5.91 Å². The van der Waals surface area contributed by atoms with Gasteiger partial charge in [-0.3, -0.25) is 4.79 Å². The van der Waals surface area contributed by atoms with Gasteiger partial charge in [0.25, 0.3) is 0 Å². The van der Waals surface area contributed by atoms with Crippen molar-refractivity contribution in [3.05, 3.63) is 71.3 Å². The van der Waals surface area contributed by atoms with Crippen LogP contribution in [0, 0.1) is 0 Å². The van der Waals surface area contributed by atoms with Crippen LogP contribution >= 0.6 is 0 Å². The summed E-state index contributed by atoms with van der Waals surface area (Å²) in [4.78, 5) is 11.1. The Morgan fingerprint density at radius 3 is 2.60 bits per heavy atom. The monoisotopic (exact) mass is 339 g/mol. The van der Waals surface area contributed by atoms with Crippen molar-refractivity contribution in [1.29, 1.82) is 0 Å². The molecule has 4 heteroatoms. The summed E-state index contributed by atoms with van der Waals surface area (Å²) in [7, 11) is 0. The summed E-state index contributed by atoms with van der Waals surface area (Å²) < 4.78 is 6.15. The van der Waals surface area contributed by atoms with E-state index in [1.54, 1.807) is 0 Å². The van der Waals surface area contributed by atoms with E-state index in [1.807, 2.05) is 62.4 Å². The number of allylic oxidation sites excluding steroid dienone is 1. The molecule has 25 heavy (non-hydrogen) atoms. The molecule has 0 aromatic heterocycles. The van der Waals surface area contributed by atoms with Crippen LogP contribution in [0.5, 0.6) is 5.75 Å². The molecule has 0 radical (unpaired) electrons. The predicted octanol–water partition coefficient (Wildman–Crippen LogP) is 3.64. The molecule has 1 amide bonds. The van der Waals surface area contributed by atoms with Crippen LogP contribution in [0.4, 0.5) is 0 Å². The number of nitrogens with two attached hydrogens (primary N) is 1. The first-order valence-electron chi connectivity index (χ1n) is 8.44. The highest BCUT2D eigenvalue weighted by molar-refractivity contribution is 5.93. The van der Waals surface area contributed by atoms with Crippen molar-refractivity contribution >= 4 is 11.5 Å². The van der Waals surface area contributed by atoms with Gasteiger partial charge in [-0.25, -0.2) is 0 Å². The van der Waals surface area contributed by atoms with Crippen LogP contribution in [0.2, 0.25) is 0 Å². The normalized spacial score (nSPS) is 12.7. The maximum atomic E-state index is 11.1. The zero-order chi connectivity index (χ0) is 18.2. The highest BCUT2D eigenvalue weighted by atomic mass is 16.5. The SMILES string of the molecule is C/C(=C/C(N)=O)c1ccc(OC(C)c2ccccc2)c(CCCO)c1. The number of ether oxygens (including phenoxy) is 1. The largest absolute Gasteiger partial charge is 0.486 e. The lowest BCUT2D eigenvalue weighted by Gasteiger charge is -2.19. The van der Waals surface area contributed by atoms with E-state index in [-0.39, 0.29) is 12.7 Å². The van der Waals surface area contributed by atoms with Crippen molar-refractivity contribution in [3.8, 4) is 5.75 Å². The summed E-state index contributed by atoms with van der Waals surface area (Å²) >= 11 is 0. The fourth-order valence-electron chi connectivity index (χ4n) is 2.68. The average molecular weight is 339 g/mol. The molecule has 0 spiro atoms. The number of hydrogen-bond donors (Lipinski definition) is 2. The number of amides is 1. The highest BCUT2D eigenvalue weighted by Crippen LogP contribution is 2.29. The molecule has 1 atom stereocenters. The fourth-order valence-corrected chi connectivity index (χ4v) is 2.68. The van der Waals surface area contributed by atoms with E-state index in [0.29, 0.717) is 12.8 Å². The predicted molar refractivity (Wildman–Crippen MR) is 100 cm³/mol. The summed E-state index contributed by atoms with van der Waals surface area (Å²) in [6.07, 6.45) is 2.68. The van der Waals surface area contributed by atoms with Gasteiger partial charge in [-0.2, -0.15) is 0 Å². The maximum Gasteiger partial charge on any atom is 0.241 e. The Bertz CT molecular complexity index is 738. The molecule has 0 aliphatic heterocycles. The van der Waals surface area contributed by atoms with Crippen molar-refractivity contribution in [3.63, 3.8) is 0 Å². The second-order valence-electron chi connectivity index (χ2n) is 6.05. The molecule has 0 aliphatic rings. The average Bonchev–Trinajstić information content (AvgIpc) is 2.60. The van der Waals surface area contributed by atoms with Crippen LogP contribution in [0.25, 0.3) is 5.57 Å². The Morgan fingerprint density at radius 2 is 1.96 bits per heavy atom. The zero-order valence-electron chi connectivity index (χ0n) is 14.7. The van der Waals surface area contributed by atoms with Gasteiger partial charge in [0.2, 0.25) is 5.91 Å². The van der Waals surface area contributed by atoms with Crippen LogP contribution in [0.1, 0.15) is 43.1 Å². The molecule has 4 nitrogen and oxygen atoms in total. The summed E-state index contributed by atoms with van der Waals surface area (Å²) in [6, 6.07) is 15.9. The molecule has 132 valence electrons. The van der Waals surface area contributed by atoms with Gasteiger partial charge < -0.3 is 15.6 Å². The first kappa shape index (κ1) is 18.7. The van der Waals surface area contributed by atoms with Gasteiger partial charge >= 0.3 is 0 Å². The first-order valence-corrected chi connectivity index (χ1v) is 8.44. The number of aliphatic hydroxyl groups excluding tert-OH is 1. The molecule has 0 fully saturated rings. The number of rotatable bonds is 8. The third-order valence-corrected chi connectivity index (χ3v) is 4.05. The van der Waals surface area contributed by atoms with Crippen LogP contribution in [-0.4, -0.2) is 17.6 Å². The van der Waals surface area contributed by atoms with Crippen LogP contribution in [-0.2, 0) is 11.2 Å². The Balaban J connectivity index is 2.28. The van der Waals surface area contributed by atoms with Crippen molar-refractivity contribution in [2.45, 2.75) is 32.8 Å². The molecular weight excluding hydrogens is 314 g/mol. The minimum absolute atomic E-state index is 0.0813. The molecule has 0 saturated carbocycles. The van der Waals surface area contributed by atoms with Crippen molar-refractivity contribution in [1.82, 2.24) is 0 Å². The van der Waals surface area contributed by atoms with E-state index >= 15 is 0 Å². The van der Waals surface area contributed by atoms with E-state index in [2.05, 4.69) is 0 Å². The lowest BCUT2D eigenvalue weighted by atomic mass is 10.0. The lowest BCUT2D eigenvalue weighted by molar-refractivity contribution is -0.113. The summed E-state index contributed by atoms with van der Waals surface area (Å²) in [5.74, 6) is 0.327. The minimum Gasteiger partial charge on any atom is -0.486 e. The Morgan fingerprint density at radius 1 is 1.24 bits per heavy atom. The molecule has 0 aliphatic carbocycles. The summed E-state index contributed by atoms with van der Waals surface area (Å²) in [5, 5.41) is 9.16. The quantitative estimate of drug-likeness (QED) is 0.721. The van der Waals surface area contributed by atoms with Gasteiger partial charge in [-0.1, -0.05) is 36.4 Å². The third kappa shape index (κ3) is 5.47. The van der Waals surface area contributed by atoms with Crippen molar-refractivity contribution < 1.29 is 14.6 Å². The Labute approximate surface area is 148 Å². The van der Waals surface area contributed by atoms with Crippen LogP contribution < -0.4 is 10.5 Å². The van der Waals surface area contributed by atoms with E-state index in [4.69, 9.17) is 15.6 Å². The van der Waals surface area contributed by atoms with Gasteiger partial charge in [0.1, 0.15) is 11.9 Å². The summed E-state index contributed by atoms with van der Waals surface area (Å²) in [6.45, 7) is 3.98. The van der Waals surface area contributed by atoms with Gasteiger partial charge in [-0.05, 0) is 61.1 Å². The van der Waals surface area contributed by atoms with Gasteiger partial charge in [-0.15, -0.1) is 0 Å². The van der Waals surface area contributed by atoms with Crippen molar-refractivity contribution in [2.75, 3.05) is 6.61 Å². The molecule has 0 bridgehead atoms. The molecule has 0 saturated heterocycles. The number of aliphatic hydroxyl groups is 1. The van der Waals surface area contributed by atoms with Gasteiger partial charge in [0.15, 0.2) is 0 Å². The third-order valence-electron chi connectivity index (χ3n) is 4.05. The van der Waals surface area contributed by atoms with Gasteiger partial charge in [0, 0.05) is 12.7 Å². The molecular formula is C21H25NO3. The topological polar surface area (TPSA) is 72.6 Å². The molecule has 2 aromatic carbocycles. The van der Waals surface area contributed by atoms with E-state index in [9.17, 15) is 4.79 Å². The van der Waals surface area contributed by atoms with Gasteiger partial charge in [0.05, 0.1) is 0 Å². The maximum absolute atomic E-state index is 11.1. The molecule has 2 rings (SSSR count). The second kappa shape index (κ2) is 9.04. The number of carbonyl (C=O) groups is 1.